The average Bonchev–Trinajstić information content (AvgIpc) is 3.03. The van der Waals surface area contributed by atoms with Gasteiger partial charge in [-0.25, -0.2) is 0 Å². The molecule has 4 heteroatoms. The molecule has 0 radical (unpaired) electrons. The van der Waals surface area contributed by atoms with E-state index >= 15 is 0 Å². The molecule has 0 bridgehead atoms. The van der Waals surface area contributed by atoms with Crippen molar-refractivity contribution >= 4 is 50.5 Å². The van der Waals surface area contributed by atoms with Gasteiger partial charge in [0.05, 0.1) is 0 Å². The van der Waals surface area contributed by atoms with Crippen LogP contribution in [0.25, 0.3) is 0 Å². The molecule has 0 nitrogen and oxygen atoms in total. The molecule has 0 saturated heterocycles. The third kappa shape index (κ3) is 30.7. The van der Waals surface area contributed by atoms with Crippen LogP contribution in [0.5, 0.6) is 0 Å². The lowest BCUT2D eigenvalue weighted by Gasteiger charge is -2.38. The number of unbranched alkanes of at least 4 members (excludes halogenated alkanes) is 26. The Morgan fingerprint density at radius 2 is 0.591 bits per heavy atom. The molecule has 44 heavy (non-hydrogen) atoms. The van der Waals surface area contributed by atoms with Crippen molar-refractivity contribution in [1.29, 1.82) is 0 Å². The summed E-state index contributed by atoms with van der Waals surface area (Å²) in [5.74, 6) is 3.93. The molecule has 0 aromatic heterocycles. The average molecular weight is 691 g/mol. The van der Waals surface area contributed by atoms with E-state index in [1.54, 1.807) is 0 Å². The summed E-state index contributed by atoms with van der Waals surface area (Å²) < 4.78 is 0.246. The van der Waals surface area contributed by atoms with Crippen molar-refractivity contribution < 1.29 is 0 Å². The number of hydrogen-bond acceptors (Lipinski definition) is 4. The van der Waals surface area contributed by atoms with Crippen LogP contribution in [0.4, 0.5) is 0 Å². The molecule has 0 heterocycles. The van der Waals surface area contributed by atoms with E-state index in [-0.39, 0.29) is 4.75 Å². The summed E-state index contributed by atoms with van der Waals surface area (Å²) in [7, 11) is 0. The smallest absolute Gasteiger partial charge is 0.0158 e. The van der Waals surface area contributed by atoms with Gasteiger partial charge in [0.25, 0.3) is 0 Å². The van der Waals surface area contributed by atoms with Crippen LogP contribution in [-0.2, 0) is 0 Å². The van der Waals surface area contributed by atoms with E-state index in [4.69, 9.17) is 12.6 Å². The molecule has 266 valence electrons. The van der Waals surface area contributed by atoms with Crippen LogP contribution < -0.4 is 0 Å². The Balaban J connectivity index is 4.54. The second kappa shape index (κ2) is 37.2. The second-order valence-electron chi connectivity index (χ2n) is 14.3. The molecule has 2 unspecified atom stereocenters. The minimum Gasteiger partial charge on any atom is -0.179 e. The second-order valence-corrected chi connectivity index (χ2v) is 16.5. The quantitative estimate of drug-likeness (QED) is 0.0360. The molecule has 0 aliphatic carbocycles. The summed E-state index contributed by atoms with van der Waals surface area (Å²) in [6, 6.07) is 0. The van der Waals surface area contributed by atoms with Crippen molar-refractivity contribution in [1.82, 2.24) is 0 Å². The monoisotopic (exact) mass is 691 g/mol. The summed E-state index contributed by atoms with van der Waals surface area (Å²) in [4.78, 5) is 0. The third-order valence-electron chi connectivity index (χ3n) is 10.2. The highest BCUT2D eigenvalue weighted by Gasteiger charge is 2.33. The Morgan fingerprint density at radius 1 is 0.341 bits per heavy atom. The molecule has 0 fully saturated rings. The largest absolute Gasteiger partial charge is 0.179 e. The molecule has 0 rings (SSSR count). The topological polar surface area (TPSA) is 0 Å². The normalized spacial score (nSPS) is 13.8. The summed E-state index contributed by atoms with van der Waals surface area (Å²) in [6.45, 7) is 2.32. The maximum absolute atomic E-state index is 5.65. The van der Waals surface area contributed by atoms with Gasteiger partial charge in [-0.1, -0.05) is 180 Å². The van der Waals surface area contributed by atoms with Crippen LogP contribution >= 0.6 is 50.5 Å². The van der Waals surface area contributed by atoms with E-state index in [0.29, 0.717) is 0 Å². The van der Waals surface area contributed by atoms with Crippen LogP contribution in [0.15, 0.2) is 0 Å². The zero-order chi connectivity index (χ0) is 32.2. The lowest BCUT2D eigenvalue weighted by Crippen LogP contribution is -2.33. The number of thiol groups is 4. The van der Waals surface area contributed by atoms with Crippen LogP contribution in [0.1, 0.15) is 225 Å². The molecule has 0 spiro atoms. The molecule has 0 aliphatic rings. The van der Waals surface area contributed by atoms with Crippen molar-refractivity contribution in [3.63, 3.8) is 0 Å². The minimum atomic E-state index is 0.246. The maximum Gasteiger partial charge on any atom is 0.0158 e. The predicted molar refractivity (Wildman–Crippen MR) is 219 cm³/mol. The molecule has 0 saturated carbocycles. The van der Waals surface area contributed by atoms with Gasteiger partial charge in [-0.15, -0.1) is 0 Å². The van der Waals surface area contributed by atoms with Gasteiger partial charge in [0.1, 0.15) is 0 Å². The van der Waals surface area contributed by atoms with Gasteiger partial charge in [0.15, 0.2) is 0 Å². The van der Waals surface area contributed by atoms with Gasteiger partial charge in [-0.2, -0.15) is 50.5 Å². The molecular weight excluding hydrogens is 609 g/mol. The first-order valence-corrected chi connectivity index (χ1v) is 22.5. The molecule has 0 aliphatic heterocycles. The van der Waals surface area contributed by atoms with E-state index in [2.05, 4.69) is 44.8 Å². The summed E-state index contributed by atoms with van der Waals surface area (Å²) in [5.41, 5.74) is 0. The zero-order valence-electron chi connectivity index (χ0n) is 30.0. The third-order valence-corrected chi connectivity index (χ3v) is 11.9. The van der Waals surface area contributed by atoms with Crippen LogP contribution in [0.2, 0.25) is 0 Å². The highest BCUT2D eigenvalue weighted by Crippen LogP contribution is 2.42. The fourth-order valence-corrected chi connectivity index (χ4v) is 8.40. The first-order valence-electron chi connectivity index (χ1n) is 20.2. The van der Waals surface area contributed by atoms with Gasteiger partial charge in [0, 0.05) is 4.75 Å². The SMILES string of the molecule is CCCCCCCCCCC(CCCCS)C(S)(CCCCCCCCS)CCCCCCCCCCCCCCCCS. The van der Waals surface area contributed by atoms with Crippen LogP contribution in [0.3, 0.4) is 0 Å². The Bertz CT molecular complexity index is 528. The van der Waals surface area contributed by atoms with Crippen molar-refractivity contribution in [3.8, 4) is 0 Å². The van der Waals surface area contributed by atoms with Crippen molar-refractivity contribution in [3.05, 3.63) is 0 Å². The summed E-state index contributed by atoms with van der Waals surface area (Å²) in [6.07, 6.45) is 47.6. The lowest BCUT2D eigenvalue weighted by atomic mass is 9.77. The van der Waals surface area contributed by atoms with E-state index in [1.807, 2.05) is 0 Å². The standard InChI is InChI=1S/C40H82S4/c1-2-3-4-5-6-15-20-25-32-39(33-26-31-38-43)40(44,35-28-22-17-19-24-30-37-42)34-27-21-16-13-11-9-7-8-10-12-14-18-23-29-36-41/h39,41-44H,2-38H2,1H3. The van der Waals surface area contributed by atoms with Gasteiger partial charge in [-0.3, -0.25) is 0 Å². The van der Waals surface area contributed by atoms with E-state index in [0.717, 1.165) is 23.2 Å². The number of hydrogen-bond donors (Lipinski definition) is 4. The van der Waals surface area contributed by atoms with E-state index in [1.165, 1.54) is 218 Å². The van der Waals surface area contributed by atoms with Gasteiger partial charge in [0.2, 0.25) is 0 Å². The predicted octanol–water partition coefficient (Wildman–Crippen LogP) is 15.3. The van der Waals surface area contributed by atoms with E-state index in [9.17, 15) is 0 Å². The van der Waals surface area contributed by atoms with Gasteiger partial charge >= 0.3 is 0 Å². The minimum absolute atomic E-state index is 0.246. The van der Waals surface area contributed by atoms with E-state index < -0.39 is 0 Å². The molecule has 0 aromatic carbocycles. The highest BCUT2D eigenvalue weighted by atomic mass is 32.1. The Kier molecular flexibility index (Phi) is 38.4. The lowest BCUT2D eigenvalue weighted by molar-refractivity contribution is 0.274. The Hall–Kier alpha value is 1.40. The van der Waals surface area contributed by atoms with Gasteiger partial charge in [-0.05, 0) is 68.1 Å². The molecule has 2 atom stereocenters. The zero-order valence-corrected chi connectivity index (χ0v) is 33.6. The first kappa shape index (κ1) is 45.4. The summed E-state index contributed by atoms with van der Waals surface area (Å²) >= 11 is 18.9. The summed E-state index contributed by atoms with van der Waals surface area (Å²) in [5, 5.41) is 0. The number of rotatable bonds is 38. The van der Waals surface area contributed by atoms with Crippen LogP contribution in [-0.4, -0.2) is 22.0 Å². The molecule has 0 amide bonds. The maximum atomic E-state index is 5.65. The molecule has 0 aromatic rings. The van der Waals surface area contributed by atoms with Crippen molar-refractivity contribution in [2.75, 3.05) is 17.3 Å². The molecule has 0 N–H and O–H groups in total. The molecular formula is C40H82S4. The highest BCUT2D eigenvalue weighted by molar-refractivity contribution is 7.81. The first-order chi connectivity index (χ1) is 21.6. The van der Waals surface area contributed by atoms with Crippen molar-refractivity contribution in [2.45, 2.75) is 230 Å². The van der Waals surface area contributed by atoms with Gasteiger partial charge < -0.3 is 0 Å². The van der Waals surface area contributed by atoms with Crippen molar-refractivity contribution in [2.24, 2.45) is 5.92 Å². The fraction of sp³-hybridized carbons (Fsp3) is 1.00. The Labute approximate surface area is 302 Å². The van der Waals surface area contributed by atoms with Crippen LogP contribution in [0, 0.1) is 5.92 Å². The fourth-order valence-electron chi connectivity index (χ4n) is 7.16. The Morgan fingerprint density at radius 3 is 0.932 bits per heavy atom.